The lowest BCUT2D eigenvalue weighted by Gasteiger charge is -2.11. The molecule has 0 bridgehead atoms. The van der Waals surface area contributed by atoms with Crippen LogP contribution < -0.4 is 10.5 Å². The Balaban J connectivity index is 2.42. The number of rotatable bonds is 3. The number of nitrogen functional groups attached to an aromatic ring is 1. The Kier molecular flexibility index (Phi) is 4.55. The molecule has 0 fully saturated rings. The molecule has 0 amide bonds. The Hall–Kier alpha value is -1.98. The maximum Gasteiger partial charge on any atom is 0.340 e. The van der Waals surface area contributed by atoms with Crippen molar-refractivity contribution >= 4 is 34.9 Å². The standard InChI is InChI=1S/C14H10Cl2FNO3/c1-20-14(19)8-5-13(10(17)6-11(8)18)21-12-3-2-7(15)4-9(12)16/h2-6H,18H2,1H3. The summed E-state index contributed by atoms with van der Waals surface area (Å²) in [5.41, 5.74) is 5.52. The number of ether oxygens (including phenoxy) is 2. The van der Waals surface area contributed by atoms with Gasteiger partial charge in [-0.2, -0.15) is 0 Å². The van der Waals surface area contributed by atoms with Gasteiger partial charge in [-0.25, -0.2) is 9.18 Å². The third-order valence-electron chi connectivity index (χ3n) is 2.62. The quantitative estimate of drug-likeness (QED) is 0.673. The molecule has 2 N–H and O–H groups in total. The lowest BCUT2D eigenvalue weighted by Crippen LogP contribution is -2.06. The third kappa shape index (κ3) is 3.37. The van der Waals surface area contributed by atoms with E-state index in [1.807, 2.05) is 0 Å². The van der Waals surface area contributed by atoms with E-state index in [2.05, 4.69) is 4.74 Å². The molecule has 0 saturated carbocycles. The normalized spacial score (nSPS) is 10.3. The Morgan fingerprint density at radius 1 is 1.19 bits per heavy atom. The number of hydrogen-bond donors (Lipinski definition) is 1. The zero-order valence-corrected chi connectivity index (χ0v) is 12.3. The number of anilines is 1. The van der Waals surface area contributed by atoms with Crippen LogP contribution in [0.2, 0.25) is 10.0 Å². The number of halogens is 3. The molecule has 0 aromatic heterocycles. The minimum absolute atomic E-state index is 0.000939. The number of benzene rings is 2. The molecule has 0 aliphatic carbocycles. The van der Waals surface area contributed by atoms with Gasteiger partial charge in [-0.05, 0) is 18.2 Å². The molecule has 0 spiro atoms. The molecule has 110 valence electrons. The van der Waals surface area contributed by atoms with Gasteiger partial charge in [-0.15, -0.1) is 0 Å². The molecule has 0 heterocycles. The van der Waals surface area contributed by atoms with Gasteiger partial charge in [-0.1, -0.05) is 23.2 Å². The van der Waals surface area contributed by atoms with E-state index in [0.717, 1.165) is 12.1 Å². The van der Waals surface area contributed by atoms with E-state index in [1.165, 1.54) is 19.2 Å². The molecule has 0 aliphatic heterocycles. The molecule has 2 rings (SSSR count). The highest BCUT2D eigenvalue weighted by molar-refractivity contribution is 6.35. The highest BCUT2D eigenvalue weighted by Gasteiger charge is 2.17. The van der Waals surface area contributed by atoms with Crippen LogP contribution in [-0.4, -0.2) is 13.1 Å². The summed E-state index contributed by atoms with van der Waals surface area (Å²) in [6, 6.07) is 6.61. The topological polar surface area (TPSA) is 61.5 Å². The van der Waals surface area contributed by atoms with Crippen molar-refractivity contribution in [2.75, 3.05) is 12.8 Å². The van der Waals surface area contributed by atoms with Crippen LogP contribution in [0.4, 0.5) is 10.1 Å². The van der Waals surface area contributed by atoms with E-state index >= 15 is 0 Å². The van der Waals surface area contributed by atoms with Crippen molar-refractivity contribution in [1.29, 1.82) is 0 Å². The molecule has 0 radical (unpaired) electrons. The number of nitrogens with two attached hydrogens (primary N) is 1. The van der Waals surface area contributed by atoms with Crippen LogP contribution in [0.1, 0.15) is 10.4 Å². The van der Waals surface area contributed by atoms with Crippen LogP contribution in [0, 0.1) is 5.82 Å². The van der Waals surface area contributed by atoms with E-state index in [4.69, 9.17) is 33.7 Å². The van der Waals surface area contributed by atoms with E-state index in [-0.39, 0.29) is 27.8 Å². The largest absolute Gasteiger partial charge is 0.465 e. The van der Waals surface area contributed by atoms with Gasteiger partial charge in [-0.3, -0.25) is 0 Å². The third-order valence-corrected chi connectivity index (χ3v) is 3.15. The fourth-order valence-corrected chi connectivity index (χ4v) is 2.06. The van der Waals surface area contributed by atoms with Crippen molar-refractivity contribution in [2.45, 2.75) is 0 Å². The maximum atomic E-state index is 13.9. The molecule has 0 unspecified atom stereocenters. The Bertz CT molecular complexity index is 707. The van der Waals surface area contributed by atoms with E-state index in [1.54, 1.807) is 6.07 Å². The molecule has 2 aromatic rings. The second kappa shape index (κ2) is 6.20. The van der Waals surface area contributed by atoms with Gasteiger partial charge in [0.15, 0.2) is 11.6 Å². The number of methoxy groups -OCH3 is 1. The van der Waals surface area contributed by atoms with E-state index < -0.39 is 11.8 Å². The molecule has 0 atom stereocenters. The summed E-state index contributed by atoms with van der Waals surface area (Å²) in [6.45, 7) is 0. The molecular weight excluding hydrogens is 320 g/mol. The second-order valence-electron chi connectivity index (χ2n) is 4.04. The SMILES string of the molecule is COC(=O)c1cc(Oc2ccc(Cl)cc2Cl)c(F)cc1N. The highest BCUT2D eigenvalue weighted by Crippen LogP contribution is 2.34. The summed E-state index contributed by atoms with van der Waals surface area (Å²) in [6.07, 6.45) is 0. The predicted molar refractivity (Wildman–Crippen MR) is 78.7 cm³/mol. The average molecular weight is 330 g/mol. The summed E-state index contributed by atoms with van der Waals surface area (Å²) in [5.74, 6) is -1.43. The smallest absolute Gasteiger partial charge is 0.340 e. The summed E-state index contributed by atoms with van der Waals surface area (Å²) in [7, 11) is 1.20. The number of carbonyl (C=O) groups excluding carboxylic acids is 1. The lowest BCUT2D eigenvalue weighted by molar-refractivity contribution is 0.0601. The molecule has 0 aliphatic rings. The molecule has 4 nitrogen and oxygen atoms in total. The van der Waals surface area contributed by atoms with Gasteiger partial charge in [0.1, 0.15) is 5.75 Å². The summed E-state index contributed by atoms with van der Waals surface area (Å²) < 4.78 is 23.8. The van der Waals surface area contributed by atoms with Crippen LogP contribution in [-0.2, 0) is 4.74 Å². The van der Waals surface area contributed by atoms with Gasteiger partial charge < -0.3 is 15.2 Å². The van der Waals surface area contributed by atoms with Gasteiger partial charge in [0.25, 0.3) is 0 Å². The minimum Gasteiger partial charge on any atom is -0.465 e. The van der Waals surface area contributed by atoms with Crippen molar-refractivity contribution in [3.05, 3.63) is 51.8 Å². The highest BCUT2D eigenvalue weighted by atomic mass is 35.5. The van der Waals surface area contributed by atoms with Gasteiger partial charge in [0.2, 0.25) is 0 Å². The number of carbonyl (C=O) groups is 1. The fraction of sp³-hybridized carbons (Fsp3) is 0.0714. The predicted octanol–water partition coefficient (Wildman–Crippen LogP) is 4.29. The Labute approximate surface area is 130 Å². The average Bonchev–Trinajstić information content (AvgIpc) is 2.43. The minimum atomic E-state index is -0.730. The zero-order valence-electron chi connectivity index (χ0n) is 10.8. The van der Waals surface area contributed by atoms with Crippen molar-refractivity contribution in [3.8, 4) is 11.5 Å². The molecule has 21 heavy (non-hydrogen) atoms. The van der Waals surface area contributed by atoms with Crippen LogP contribution >= 0.6 is 23.2 Å². The van der Waals surface area contributed by atoms with E-state index in [9.17, 15) is 9.18 Å². The summed E-state index contributed by atoms with van der Waals surface area (Å²) in [4.78, 5) is 11.5. The monoisotopic (exact) mass is 329 g/mol. The van der Waals surface area contributed by atoms with Gasteiger partial charge >= 0.3 is 5.97 Å². The van der Waals surface area contributed by atoms with Gasteiger partial charge in [0.05, 0.1) is 17.7 Å². The van der Waals surface area contributed by atoms with Crippen molar-refractivity contribution in [2.24, 2.45) is 0 Å². The number of hydrogen-bond acceptors (Lipinski definition) is 4. The first-order valence-electron chi connectivity index (χ1n) is 5.72. The summed E-state index contributed by atoms with van der Waals surface area (Å²) in [5, 5.41) is 0.624. The first kappa shape index (κ1) is 15.4. The van der Waals surface area contributed by atoms with Crippen molar-refractivity contribution in [3.63, 3.8) is 0 Å². The lowest BCUT2D eigenvalue weighted by atomic mass is 10.1. The Morgan fingerprint density at radius 3 is 2.52 bits per heavy atom. The molecule has 0 saturated heterocycles. The van der Waals surface area contributed by atoms with Crippen LogP contribution in [0.5, 0.6) is 11.5 Å². The van der Waals surface area contributed by atoms with Crippen LogP contribution in [0.15, 0.2) is 30.3 Å². The zero-order chi connectivity index (χ0) is 15.6. The fourth-order valence-electron chi connectivity index (χ4n) is 1.61. The summed E-state index contributed by atoms with van der Waals surface area (Å²) >= 11 is 11.7. The van der Waals surface area contributed by atoms with E-state index in [0.29, 0.717) is 5.02 Å². The molecule has 7 heteroatoms. The maximum absolute atomic E-state index is 13.9. The molecule has 2 aromatic carbocycles. The Morgan fingerprint density at radius 2 is 1.90 bits per heavy atom. The first-order chi connectivity index (χ1) is 9.92. The van der Waals surface area contributed by atoms with Crippen molar-refractivity contribution < 1.29 is 18.7 Å². The van der Waals surface area contributed by atoms with Crippen LogP contribution in [0.3, 0.4) is 0 Å². The van der Waals surface area contributed by atoms with Gasteiger partial charge in [0, 0.05) is 22.8 Å². The number of esters is 1. The first-order valence-corrected chi connectivity index (χ1v) is 6.48. The van der Waals surface area contributed by atoms with Crippen molar-refractivity contribution in [1.82, 2.24) is 0 Å². The van der Waals surface area contributed by atoms with Crippen LogP contribution in [0.25, 0.3) is 0 Å². The second-order valence-corrected chi connectivity index (χ2v) is 4.88. The molecular formula is C14H10Cl2FNO3.